The minimum Gasteiger partial charge on any atom is -0.398 e. The number of aromatic nitrogens is 1. The summed E-state index contributed by atoms with van der Waals surface area (Å²) in [6.45, 7) is 1.80. The van der Waals surface area contributed by atoms with Crippen LogP contribution in [0.4, 0.5) is 5.69 Å². The lowest BCUT2D eigenvalue weighted by Gasteiger charge is -2.23. The third-order valence-electron chi connectivity index (χ3n) is 3.21. The number of nitrogens with two attached hydrogens (primary N) is 1. The Bertz CT molecular complexity index is 584. The number of nitrogens with zero attached hydrogens (tertiary/aromatic N) is 1. The number of amides is 1. The Hall–Kier alpha value is -1.63. The maximum absolute atomic E-state index is 12.0. The van der Waals surface area contributed by atoms with E-state index < -0.39 is 9.84 Å². The zero-order valence-corrected chi connectivity index (χ0v) is 11.5. The lowest BCUT2D eigenvalue weighted by molar-refractivity contribution is 0.0935. The molecule has 0 saturated carbocycles. The van der Waals surface area contributed by atoms with E-state index in [9.17, 15) is 13.2 Å². The Morgan fingerprint density at radius 1 is 1.42 bits per heavy atom. The summed E-state index contributed by atoms with van der Waals surface area (Å²) in [5.41, 5.74) is 7.24. The number of aryl methyl sites for hydroxylation is 1. The highest BCUT2D eigenvalue weighted by Crippen LogP contribution is 2.15. The van der Waals surface area contributed by atoms with Crippen molar-refractivity contribution < 1.29 is 13.2 Å². The number of carbonyl (C=O) groups is 1. The normalized spacial score (nSPS) is 19.0. The summed E-state index contributed by atoms with van der Waals surface area (Å²) in [5, 5.41) is 2.81. The summed E-state index contributed by atoms with van der Waals surface area (Å²) in [7, 11) is -2.92. The van der Waals surface area contributed by atoms with Crippen molar-refractivity contribution in [3.05, 3.63) is 23.5 Å². The lowest BCUT2D eigenvalue weighted by Crippen LogP contribution is -2.41. The van der Waals surface area contributed by atoms with Crippen LogP contribution in [0.1, 0.15) is 28.9 Å². The van der Waals surface area contributed by atoms with Crippen molar-refractivity contribution in [3.8, 4) is 0 Å². The van der Waals surface area contributed by atoms with Gasteiger partial charge in [0, 0.05) is 23.6 Å². The molecule has 0 radical (unpaired) electrons. The number of pyridine rings is 1. The first-order chi connectivity index (χ1) is 8.87. The third-order valence-corrected chi connectivity index (χ3v) is 4.92. The van der Waals surface area contributed by atoms with Gasteiger partial charge in [-0.05, 0) is 25.8 Å². The Kier molecular flexibility index (Phi) is 3.75. The number of nitrogen functional groups attached to an aromatic ring is 1. The van der Waals surface area contributed by atoms with Crippen LogP contribution in [0.5, 0.6) is 0 Å². The van der Waals surface area contributed by atoms with Crippen molar-refractivity contribution in [2.45, 2.75) is 25.8 Å². The van der Waals surface area contributed by atoms with E-state index in [4.69, 9.17) is 5.73 Å². The average Bonchev–Trinajstić information content (AvgIpc) is 2.31. The van der Waals surface area contributed by atoms with Crippen molar-refractivity contribution >= 4 is 21.4 Å². The molecule has 1 aliphatic rings. The molecule has 0 spiro atoms. The number of nitrogens with one attached hydrogen (secondary N) is 1. The van der Waals surface area contributed by atoms with E-state index in [-0.39, 0.29) is 23.5 Å². The van der Waals surface area contributed by atoms with E-state index >= 15 is 0 Å². The molecule has 0 bridgehead atoms. The van der Waals surface area contributed by atoms with Crippen LogP contribution in [0, 0.1) is 6.92 Å². The van der Waals surface area contributed by atoms with Gasteiger partial charge < -0.3 is 11.1 Å². The van der Waals surface area contributed by atoms with Gasteiger partial charge in [0.05, 0.1) is 17.1 Å². The molecule has 1 aliphatic heterocycles. The second-order valence-corrected chi connectivity index (χ2v) is 7.12. The largest absolute Gasteiger partial charge is 0.398 e. The average molecular weight is 283 g/mol. The maximum atomic E-state index is 12.0. The summed E-state index contributed by atoms with van der Waals surface area (Å²) in [6, 6.07) is 1.52. The molecular formula is C12H17N3O3S. The Balaban J connectivity index is 2.02. The molecule has 2 rings (SSSR count). The first-order valence-electron chi connectivity index (χ1n) is 6.11. The van der Waals surface area contributed by atoms with Crippen molar-refractivity contribution in [2.24, 2.45) is 0 Å². The fourth-order valence-corrected chi connectivity index (χ4v) is 3.56. The van der Waals surface area contributed by atoms with E-state index in [1.54, 1.807) is 13.0 Å². The van der Waals surface area contributed by atoms with Gasteiger partial charge >= 0.3 is 0 Å². The van der Waals surface area contributed by atoms with Crippen LogP contribution in [-0.2, 0) is 9.84 Å². The van der Waals surface area contributed by atoms with Crippen LogP contribution in [0.25, 0.3) is 0 Å². The molecule has 0 atom stereocenters. The lowest BCUT2D eigenvalue weighted by atomic mass is 10.1. The van der Waals surface area contributed by atoms with E-state index in [2.05, 4.69) is 10.3 Å². The molecule has 2 heterocycles. The van der Waals surface area contributed by atoms with Crippen molar-refractivity contribution in [1.82, 2.24) is 10.3 Å². The molecule has 6 nitrogen and oxygen atoms in total. The molecule has 19 heavy (non-hydrogen) atoms. The van der Waals surface area contributed by atoms with Gasteiger partial charge in [-0.3, -0.25) is 9.78 Å². The van der Waals surface area contributed by atoms with Crippen molar-refractivity contribution in [3.63, 3.8) is 0 Å². The predicted molar refractivity (Wildman–Crippen MR) is 72.5 cm³/mol. The molecule has 1 aromatic heterocycles. The molecule has 1 fully saturated rings. The molecule has 0 aliphatic carbocycles. The molecule has 1 amide bonds. The third kappa shape index (κ3) is 3.44. The minimum absolute atomic E-state index is 0.114. The topological polar surface area (TPSA) is 102 Å². The quantitative estimate of drug-likeness (QED) is 0.811. The monoisotopic (exact) mass is 283 g/mol. The van der Waals surface area contributed by atoms with Gasteiger partial charge in [0.1, 0.15) is 9.84 Å². The number of sulfone groups is 1. The molecule has 104 valence electrons. The maximum Gasteiger partial charge on any atom is 0.255 e. The van der Waals surface area contributed by atoms with Gasteiger partial charge in [0.15, 0.2) is 0 Å². The Labute approximate surface area is 112 Å². The highest BCUT2D eigenvalue weighted by Gasteiger charge is 2.25. The number of hydrogen-bond acceptors (Lipinski definition) is 5. The van der Waals surface area contributed by atoms with E-state index in [0.717, 1.165) is 5.69 Å². The molecule has 1 aromatic rings. The fourth-order valence-electron chi connectivity index (χ4n) is 2.07. The standard InChI is InChI=1S/C12H17N3O3S/c1-8-6-11(13)10(7-14-8)12(16)15-9-2-4-19(17,18)5-3-9/h6-7,9H,2-5H2,1H3,(H2,13,14)(H,15,16). The first kappa shape index (κ1) is 13.8. The number of anilines is 1. The number of hydrogen-bond donors (Lipinski definition) is 2. The van der Waals surface area contributed by atoms with Crippen molar-refractivity contribution in [1.29, 1.82) is 0 Å². The number of rotatable bonds is 2. The van der Waals surface area contributed by atoms with Gasteiger partial charge in [0.2, 0.25) is 0 Å². The summed E-state index contributed by atoms with van der Waals surface area (Å²) in [5.74, 6) is -0.0478. The summed E-state index contributed by atoms with van der Waals surface area (Å²) >= 11 is 0. The zero-order valence-electron chi connectivity index (χ0n) is 10.7. The summed E-state index contributed by atoms with van der Waals surface area (Å²) in [6.07, 6.45) is 2.35. The van der Waals surface area contributed by atoms with Crippen LogP contribution >= 0.6 is 0 Å². The molecule has 0 aromatic carbocycles. The fraction of sp³-hybridized carbons (Fsp3) is 0.500. The molecular weight excluding hydrogens is 266 g/mol. The zero-order chi connectivity index (χ0) is 14.0. The summed E-state index contributed by atoms with van der Waals surface area (Å²) < 4.78 is 22.6. The van der Waals surface area contributed by atoms with Gasteiger partial charge in [-0.2, -0.15) is 0 Å². The second kappa shape index (κ2) is 5.16. The van der Waals surface area contributed by atoms with E-state index in [0.29, 0.717) is 24.1 Å². The van der Waals surface area contributed by atoms with Gasteiger partial charge in [-0.15, -0.1) is 0 Å². The molecule has 0 unspecified atom stereocenters. The number of carbonyl (C=O) groups excluding carboxylic acids is 1. The summed E-state index contributed by atoms with van der Waals surface area (Å²) in [4.78, 5) is 16.1. The SMILES string of the molecule is Cc1cc(N)c(C(=O)NC2CCS(=O)(=O)CC2)cn1. The van der Waals surface area contributed by atoms with Crippen LogP contribution in [0.3, 0.4) is 0 Å². The van der Waals surface area contributed by atoms with Crippen LogP contribution < -0.4 is 11.1 Å². The minimum atomic E-state index is -2.92. The Morgan fingerprint density at radius 3 is 2.63 bits per heavy atom. The van der Waals surface area contributed by atoms with E-state index in [1.165, 1.54) is 6.20 Å². The molecule has 1 saturated heterocycles. The van der Waals surface area contributed by atoms with Crippen molar-refractivity contribution in [2.75, 3.05) is 17.2 Å². The molecule has 7 heteroatoms. The second-order valence-electron chi connectivity index (χ2n) is 4.81. The highest BCUT2D eigenvalue weighted by molar-refractivity contribution is 7.91. The molecule has 3 N–H and O–H groups in total. The van der Waals surface area contributed by atoms with Crippen LogP contribution in [0.2, 0.25) is 0 Å². The van der Waals surface area contributed by atoms with Gasteiger partial charge in [0.25, 0.3) is 5.91 Å². The van der Waals surface area contributed by atoms with Crippen LogP contribution in [0.15, 0.2) is 12.3 Å². The first-order valence-corrected chi connectivity index (χ1v) is 7.93. The smallest absolute Gasteiger partial charge is 0.255 e. The predicted octanol–water partition coefficient (Wildman–Crippen LogP) is 0.279. The van der Waals surface area contributed by atoms with Gasteiger partial charge in [-0.25, -0.2) is 8.42 Å². The Morgan fingerprint density at radius 2 is 2.05 bits per heavy atom. The van der Waals surface area contributed by atoms with Crippen LogP contribution in [-0.4, -0.2) is 36.9 Å². The van der Waals surface area contributed by atoms with E-state index in [1.807, 2.05) is 0 Å². The highest BCUT2D eigenvalue weighted by atomic mass is 32.2. The van der Waals surface area contributed by atoms with Gasteiger partial charge in [-0.1, -0.05) is 0 Å².